The number of anilines is 6. The average Bonchev–Trinajstić information content (AvgIpc) is 1.65. The van der Waals surface area contributed by atoms with Crippen LogP contribution >= 0.6 is 0 Å². The number of nitrogens with zero attached hydrogens (tertiary/aromatic N) is 2. The maximum atomic E-state index is 7.02. The van der Waals surface area contributed by atoms with Gasteiger partial charge in [-0.3, -0.25) is 0 Å². The first kappa shape index (κ1) is 50.2. The highest BCUT2D eigenvalue weighted by Gasteiger charge is 2.58. The smallest absolute Gasteiger partial charge is 0.159 e. The molecule has 18 rings (SSSR count). The van der Waals surface area contributed by atoms with Crippen LogP contribution in [0.3, 0.4) is 0 Å². The third-order valence-corrected chi connectivity index (χ3v) is 19.8. The maximum absolute atomic E-state index is 7.02. The average molecular weight is 1130 g/mol. The summed E-state index contributed by atoms with van der Waals surface area (Å²) in [4.78, 5) is 4.94. The van der Waals surface area contributed by atoms with Crippen molar-refractivity contribution in [3.63, 3.8) is 0 Å². The summed E-state index contributed by atoms with van der Waals surface area (Å²) in [5.74, 6) is 0. The molecule has 88 heavy (non-hydrogen) atoms. The van der Waals surface area contributed by atoms with E-state index in [1.54, 1.807) is 0 Å². The number of hydrogen-bond donors (Lipinski definition) is 0. The number of hydrogen-bond acceptors (Lipinski definition) is 4. The highest BCUT2D eigenvalue weighted by atomic mass is 16.3. The minimum absolute atomic E-state index is 0.673. The van der Waals surface area contributed by atoms with E-state index < -0.39 is 10.8 Å². The Morgan fingerprint density at radius 3 is 1.00 bits per heavy atom. The summed E-state index contributed by atoms with van der Waals surface area (Å²) in [6.07, 6.45) is 0. The van der Waals surface area contributed by atoms with Gasteiger partial charge in [0.2, 0.25) is 0 Å². The molecule has 0 N–H and O–H groups in total. The largest absolute Gasteiger partial charge is 0.454 e. The molecule has 2 heterocycles. The van der Waals surface area contributed by atoms with Crippen molar-refractivity contribution in [2.24, 2.45) is 0 Å². The standard InChI is InChI=1S/C84H56N2O2/c1-83(69-37-17-13-33-67(69)79-63-31-11-9-27-59(63)75(51-71(79)83)85(57-47-43-55(44-48-57)53-23-5-3-6-24-53)73-39-21-35-65-61-29-15-19-41-77(61)87-81(65)73)84(2)70-38-18-14-34-68(70)80-64-32-12-10-28-60(64)76(52-72(80)84)86(58-49-45-56(46-50-58)54-25-7-4-8-26-54)74-40-22-36-66-62-30-16-20-42-78(62)88-82(66)74/h3-52H,1-2H3. The predicted octanol–water partition coefficient (Wildman–Crippen LogP) is 23.3. The first-order valence-electron chi connectivity index (χ1n) is 30.5. The van der Waals surface area contributed by atoms with Crippen molar-refractivity contribution in [1.82, 2.24) is 0 Å². The molecule has 0 radical (unpaired) electrons. The van der Waals surface area contributed by atoms with Gasteiger partial charge in [-0.2, -0.15) is 0 Å². The monoisotopic (exact) mass is 1120 g/mol. The van der Waals surface area contributed by atoms with E-state index in [0.717, 1.165) is 99.9 Å². The lowest BCUT2D eigenvalue weighted by Crippen LogP contribution is -2.44. The summed E-state index contributed by atoms with van der Waals surface area (Å²) in [6, 6.07) is 111. The summed E-state index contributed by atoms with van der Waals surface area (Å²) in [6.45, 7) is 5.09. The Bertz CT molecular complexity index is 5140. The van der Waals surface area contributed by atoms with E-state index in [4.69, 9.17) is 8.83 Å². The molecular formula is C84H56N2O2. The fourth-order valence-corrected chi connectivity index (χ4v) is 15.6. The van der Waals surface area contributed by atoms with Gasteiger partial charge in [0.05, 0.1) is 22.7 Å². The molecule has 0 bridgehead atoms. The van der Waals surface area contributed by atoms with Crippen LogP contribution in [-0.2, 0) is 10.8 Å². The Morgan fingerprint density at radius 2 is 0.580 bits per heavy atom. The zero-order chi connectivity index (χ0) is 58.2. The van der Waals surface area contributed by atoms with Crippen molar-refractivity contribution < 1.29 is 8.83 Å². The summed E-state index contributed by atoms with van der Waals surface area (Å²) < 4.78 is 14.0. The number of furan rings is 2. The van der Waals surface area contributed by atoms with E-state index in [0.29, 0.717) is 0 Å². The first-order valence-corrected chi connectivity index (χ1v) is 30.5. The predicted molar refractivity (Wildman–Crippen MR) is 366 cm³/mol. The van der Waals surface area contributed by atoms with Crippen molar-refractivity contribution in [3.8, 4) is 44.5 Å². The Balaban J connectivity index is 0.920. The fraction of sp³-hybridized carbons (Fsp3) is 0.0476. The molecule has 14 aromatic carbocycles. The highest BCUT2D eigenvalue weighted by molar-refractivity contribution is 6.17. The van der Waals surface area contributed by atoms with Crippen molar-refractivity contribution in [2.75, 3.05) is 9.80 Å². The number of rotatable bonds is 9. The van der Waals surface area contributed by atoms with E-state index in [1.807, 2.05) is 0 Å². The number of benzene rings is 14. The quantitative estimate of drug-likeness (QED) is 0.144. The molecule has 4 nitrogen and oxygen atoms in total. The van der Waals surface area contributed by atoms with Crippen LogP contribution in [0.1, 0.15) is 36.1 Å². The van der Waals surface area contributed by atoms with Gasteiger partial charge in [-0.1, -0.05) is 257 Å². The molecule has 414 valence electrons. The molecule has 2 unspecified atom stereocenters. The van der Waals surface area contributed by atoms with Gasteiger partial charge in [0.25, 0.3) is 0 Å². The molecular weight excluding hydrogens is 1070 g/mol. The van der Waals surface area contributed by atoms with Crippen LogP contribution in [0, 0.1) is 0 Å². The second kappa shape index (κ2) is 19.2. The maximum Gasteiger partial charge on any atom is 0.159 e. The Labute approximate surface area is 510 Å². The van der Waals surface area contributed by atoms with Gasteiger partial charge < -0.3 is 18.6 Å². The van der Waals surface area contributed by atoms with Crippen LogP contribution < -0.4 is 9.80 Å². The molecule has 0 spiro atoms. The second-order valence-corrected chi connectivity index (χ2v) is 24.1. The first-order chi connectivity index (χ1) is 43.4. The van der Waals surface area contributed by atoms with Gasteiger partial charge >= 0.3 is 0 Å². The number of fused-ring (bicyclic) bond motifs is 16. The molecule has 0 amide bonds. The lowest BCUT2D eigenvalue weighted by atomic mass is 9.56. The summed E-state index contributed by atoms with van der Waals surface area (Å²) >= 11 is 0. The lowest BCUT2D eigenvalue weighted by molar-refractivity contribution is 0.376. The summed E-state index contributed by atoms with van der Waals surface area (Å²) in [7, 11) is 0. The van der Waals surface area contributed by atoms with Gasteiger partial charge in [0.1, 0.15) is 11.2 Å². The molecule has 0 saturated carbocycles. The zero-order valence-corrected chi connectivity index (χ0v) is 48.6. The molecule has 0 aliphatic heterocycles. The van der Waals surface area contributed by atoms with E-state index in [-0.39, 0.29) is 0 Å². The van der Waals surface area contributed by atoms with E-state index >= 15 is 0 Å². The second-order valence-electron chi connectivity index (χ2n) is 24.1. The van der Waals surface area contributed by atoms with Crippen LogP contribution in [0.15, 0.2) is 312 Å². The third-order valence-electron chi connectivity index (χ3n) is 19.8. The van der Waals surface area contributed by atoms with Crippen LogP contribution in [0.5, 0.6) is 0 Å². The summed E-state index contributed by atoms with van der Waals surface area (Å²) in [5, 5.41) is 9.05. The topological polar surface area (TPSA) is 32.8 Å². The minimum Gasteiger partial charge on any atom is -0.454 e. The number of para-hydroxylation sites is 4. The van der Waals surface area contributed by atoms with Crippen LogP contribution in [0.2, 0.25) is 0 Å². The molecule has 2 aliphatic rings. The van der Waals surface area contributed by atoms with Gasteiger partial charge in [0, 0.05) is 54.5 Å². The third kappa shape index (κ3) is 7.08. The highest BCUT2D eigenvalue weighted by Crippen LogP contribution is 2.68. The van der Waals surface area contributed by atoms with Gasteiger partial charge in [-0.25, -0.2) is 0 Å². The molecule has 4 heteroatoms. The zero-order valence-electron chi connectivity index (χ0n) is 48.6. The van der Waals surface area contributed by atoms with Gasteiger partial charge in [0.15, 0.2) is 11.2 Å². The van der Waals surface area contributed by atoms with Crippen LogP contribution in [0.25, 0.3) is 110 Å². The molecule has 16 aromatic rings. The van der Waals surface area contributed by atoms with Gasteiger partial charge in [-0.15, -0.1) is 0 Å². The van der Waals surface area contributed by atoms with Crippen molar-refractivity contribution in [3.05, 3.63) is 326 Å². The molecule has 0 saturated heterocycles. The van der Waals surface area contributed by atoms with E-state index in [1.165, 1.54) is 66.4 Å². The fourth-order valence-electron chi connectivity index (χ4n) is 15.6. The van der Waals surface area contributed by atoms with Crippen molar-refractivity contribution in [2.45, 2.75) is 24.7 Å². The summed E-state index contributed by atoms with van der Waals surface area (Å²) in [5.41, 5.74) is 23.1. The van der Waals surface area contributed by atoms with Crippen molar-refractivity contribution >= 4 is 99.5 Å². The molecule has 0 fully saturated rings. The minimum atomic E-state index is -0.673. The lowest BCUT2D eigenvalue weighted by Gasteiger charge is -2.46. The molecule has 2 aromatic heterocycles. The van der Waals surface area contributed by atoms with Crippen LogP contribution in [0.4, 0.5) is 34.1 Å². The van der Waals surface area contributed by atoms with E-state index in [9.17, 15) is 0 Å². The SMILES string of the molecule is CC1(C2(C)c3ccccc3-c3c2cc(N(c2ccc(-c4ccccc4)cc2)c2cccc4c2oc2ccccc24)c2ccccc32)c2ccccc2-c2c1cc(N(c1ccc(-c3ccccc3)cc1)c1cccc3c1oc1ccccc13)c1ccccc21. The molecule has 2 aliphatic carbocycles. The Morgan fingerprint density at radius 1 is 0.250 bits per heavy atom. The normalized spacial score (nSPS) is 15.7. The van der Waals surface area contributed by atoms with Gasteiger partial charge in [-0.05, 0) is 138 Å². The Kier molecular flexibility index (Phi) is 10.9. The molecule has 2 atom stereocenters. The Hall–Kier alpha value is -11.2. The van der Waals surface area contributed by atoms with E-state index in [2.05, 4.69) is 327 Å². The van der Waals surface area contributed by atoms with Crippen LogP contribution in [-0.4, -0.2) is 0 Å². The van der Waals surface area contributed by atoms with Crippen molar-refractivity contribution in [1.29, 1.82) is 0 Å².